The topological polar surface area (TPSA) is 66.8 Å². The van der Waals surface area contributed by atoms with Crippen LogP contribution in [0, 0.1) is 17.8 Å². The number of amides is 1. The van der Waals surface area contributed by atoms with E-state index in [2.05, 4.69) is 0 Å². The van der Waals surface area contributed by atoms with Crippen LogP contribution in [0.15, 0.2) is 0 Å². The molecule has 2 rings (SSSR count). The molecule has 1 amide bonds. The summed E-state index contributed by atoms with van der Waals surface area (Å²) in [4.78, 5) is 24.4. The van der Waals surface area contributed by atoms with Crippen LogP contribution in [-0.2, 0) is 9.53 Å². The molecule has 1 N–H and O–H groups in total. The van der Waals surface area contributed by atoms with Crippen molar-refractivity contribution in [3.8, 4) is 0 Å². The highest BCUT2D eigenvalue weighted by atomic mass is 16.6. The van der Waals surface area contributed by atoms with Gasteiger partial charge in [0.15, 0.2) is 0 Å². The van der Waals surface area contributed by atoms with Crippen molar-refractivity contribution in [2.45, 2.75) is 39.2 Å². The third-order valence-electron chi connectivity index (χ3n) is 3.64. The molecule has 1 saturated heterocycles. The van der Waals surface area contributed by atoms with Crippen molar-refractivity contribution in [3.63, 3.8) is 0 Å². The van der Waals surface area contributed by atoms with Gasteiger partial charge in [0.1, 0.15) is 5.60 Å². The van der Waals surface area contributed by atoms with Gasteiger partial charge in [0, 0.05) is 13.1 Å². The van der Waals surface area contributed by atoms with Crippen molar-refractivity contribution in [1.82, 2.24) is 4.90 Å². The van der Waals surface area contributed by atoms with E-state index in [0.717, 1.165) is 12.8 Å². The zero-order valence-corrected chi connectivity index (χ0v) is 11.2. The summed E-state index contributed by atoms with van der Waals surface area (Å²) in [6.45, 7) is 6.87. The Morgan fingerprint density at radius 3 is 2.50 bits per heavy atom. The minimum Gasteiger partial charge on any atom is -0.481 e. The summed E-state index contributed by atoms with van der Waals surface area (Å²) < 4.78 is 5.32. The molecular formula is C13H21NO4. The van der Waals surface area contributed by atoms with Gasteiger partial charge >= 0.3 is 12.1 Å². The summed E-state index contributed by atoms with van der Waals surface area (Å²) in [7, 11) is 0. The first-order valence-electron chi connectivity index (χ1n) is 6.48. The lowest BCUT2D eigenvalue weighted by Crippen LogP contribution is -2.35. The molecule has 5 heteroatoms. The van der Waals surface area contributed by atoms with Gasteiger partial charge in [0.05, 0.1) is 5.92 Å². The number of hydrogen-bond donors (Lipinski definition) is 1. The van der Waals surface area contributed by atoms with Crippen molar-refractivity contribution < 1.29 is 19.4 Å². The van der Waals surface area contributed by atoms with Crippen molar-refractivity contribution in [1.29, 1.82) is 0 Å². The van der Waals surface area contributed by atoms with E-state index in [-0.39, 0.29) is 17.9 Å². The maximum absolute atomic E-state index is 11.9. The van der Waals surface area contributed by atoms with Crippen LogP contribution in [-0.4, -0.2) is 40.8 Å². The molecule has 1 saturated carbocycles. The molecule has 2 fully saturated rings. The van der Waals surface area contributed by atoms with Gasteiger partial charge in [-0.2, -0.15) is 0 Å². The van der Waals surface area contributed by atoms with E-state index in [1.807, 2.05) is 20.8 Å². The number of aliphatic carboxylic acids is 1. The summed E-state index contributed by atoms with van der Waals surface area (Å²) in [6.07, 6.45) is 1.38. The van der Waals surface area contributed by atoms with E-state index in [1.54, 1.807) is 4.90 Å². The molecule has 1 aliphatic carbocycles. The molecule has 1 aliphatic heterocycles. The molecule has 1 unspecified atom stereocenters. The first kappa shape index (κ1) is 13.2. The van der Waals surface area contributed by atoms with E-state index < -0.39 is 11.6 Å². The monoisotopic (exact) mass is 255 g/mol. The molecule has 0 spiro atoms. The Morgan fingerprint density at radius 1 is 1.33 bits per heavy atom. The second-order valence-corrected chi connectivity index (χ2v) is 6.32. The van der Waals surface area contributed by atoms with Gasteiger partial charge in [-0.25, -0.2) is 4.79 Å². The number of carbonyl (C=O) groups is 2. The summed E-state index contributed by atoms with van der Waals surface area (Å²) >= 11 is 0. The Bertz CT molecular complexity index is 360. The average Bonchev–Trinajstić information content (AvgIpc) is 2.86. The normalized spacial score (nSPS) is 31.3. The number of carbonyl (C=O) groups excluding carboxylic acids is 1. The van der Waals surface area contributed by atoms with Crippen LogP contribution in [0.1, 0.15) is 33.6 Å². The van der Waals surface area contributed by atoms with Crippen molar-refractivity contribution in [2.24, 2.45) is 17.8 Å². The second kappa shape index (κ2) is 4.44. The lowest BCUT2D eigenvalue weighted by molar-refractivity contribution is -0.139. The lowest BCUT2D eigenvalue weighted by atomic mass is 10.0. The van der Waals surface area contributed by atoms with Crippen LogP contribution in [0.4, 0.5) is 4.79 Å². The number of nitrogens with zero attached hydrogens (tertiary/aromatic N) is 1. The van der Waals surface area contributed by atoms with Gasteiger partial charge in [0.25, 0.3) is 0 Å². The maximum Gasteiger partial charge on any atom is 0.410 e. The van der Waals surface area contributed by atoms with E-state index in [9.17, 15) is 9.59 Å². The van der Waals surface area contributed by atoms with Gasteiger partial charge in [-0.15, -0.1) is 0 Å². The van der Waals surface area contributed by atoms with Gasteiger partial charge in [-0.3, -0.25) is 4.79 Å². The molecule has 0 radical (unpaired) electrons. The van der Waals surface area contributed by atoms with Gasteiger partial charge in [-0.05, 0) is 45.4 Å². The fourth-order valence-electron chi connectivity index (χ4n) is 2.65. The number of ether oxygens (including phenoxy) is 1. The molecule has 3 atom stereocenters. The summed E-state index contributed by atoms with van der Waals surface area (Å²) in [5.41, 5.74) is -0.474. The Morgan fingerprint density at radius 2 is 2.00 bits per heavy atom. The van der Waals surface area contributed by atoms with Crippen molar-refractivity contribution in [2.75, 3.05) is 13.1 Å². The maximum atomic E-state index is 11.9. The van der Waals surface area contributed by atoms with Crippen molar-refractivity contribution >= 4 is 12.1 Å². The van der Waals surface area contributed by atoms with Crippen LogP contribution in [0.5, 0.6) is 0 Å². The molecule has 0 aromatic rings. The number of carboxylic acids is 1. The molecular weight excluding hydrogens is 234 g/mol. The summed E-state index contributed by atoms with van der Waals surface area (Å²) in [5, 5.41) is 8.91. The lowest BCUT2D eigenvalue weighted by Gasteiger charge is -2.24. The predicted octanol–water partition coefficient (Wildman–Crippen LogP) is 1.96. The smallest absolute Gasteiger partial charge is 0.410 e. The van der Waals surface area contributed by atoms with Gasteiger partial charge in [-0.1, -0.05) is 0 Å². The van der Waals surface area contributed by atoms with E-state index >= 15 is 0 Å². The Balaban J connectivity index is 1.82. The molecule has 2 aliphatic rings. The highest BCUT2D eigenvalue weighted by molar-refractivity contribution is 5.73. The minimum atomic E-state index is -0.698. The molecule has 0 bridgehead atoms. The van der Waals surface area contributed by atoms with E-state index in [0.29, 0.717) is 19.0 Å². The number of rotatable bonds is 2. The van der Waals surface area contributed by atoms with Crippen LogP contribution in [0.25, 0.3) is 0 Å². The van der Waals surface area contributed by atoms with E-state index in [1.165, 1.54) is 0 Å². The van der Waals surface area contributed by atoms with Crippen LogP contribution < -0.4 is 0 Å². The van der Waals surface area contributed by atoms with Gasteiger partial charge in [0.2, 0.25) is 0 Å². The molecule has 1 heterocycles. The number of hydrogen-bond acceptors (Lipinski definition) is 3. The fraction of sp³-hybridized carbons (Fsp3) is 0.846. The number of likely N-dealkylation sites (tertiary alicyclic amines) is 1. The predicted molar refractivity (Wildman–Crippen MR) is 65.1 cm³/mol. The molecule has 18 heavy (non-hydrogen) atoms. The number of carboxylic acid groups (broad SMARTS) is 1. The Labute approximate surface area is 107 Å². The fourth-order valence-corrected chi connectivity index (χ4v) is 2.65. The third-order valence-corrected chi connectivity index (χ3v) is 3.64. The quantitative estimate of drug-likeness (QED) is 0.819. The molecule has 5 nitrogen and oxygen atoms in total. The summed E-state index contributed by atoms with van der Waals surface area (Å²) in [5.74, 6) is -0.294. The minimum absolute atomic E-state index is 0.186. The zero-order valence-electron chi connectivity index (χ0n) is 11.2. The Kier molecular flexibility index (Phi) is 3.25. The van der Waals surface area contributed by atoms with Gasteiger partial charge < -0.3 is 14.7 Å². The van der Waals surface area contributed by atoms with E-state index in [4.69, 9.17) is 9.84 Å². The second-order valence-electron chi connectivity index (χ2n) is 6.32. The Hall–Kier alpha value is -1.26. The standard InChI is InChI=1S/C13H21NO4/c1-13(2,3)18-12(17)14-5-4-8(7-14)9-6-10(9)11(15)16/h8-10H,4-7H2,1-3H3,(H,15,16)/t8?,9-,10+/m1/s1. The zero-order chi connectivity index (χ0) is 13.5. The first-order chi connectivity index (χ1) is 8.28. The summed E-state index contributed by atoms with van der Waals surface area (Å²) in [6, 6.07) is 0. The van der Waals surface area contributed by atoms with Crippen LogP contribution in [0.2, 0.25) is 0 Å². The molecule has 0 aromatic heterocycles. The highest BCUT2D eigenvalue weighted by Gasteiger charge is 2.50. The first-order valence-corrected chi connectivity index (χ1v) is 6.48. The van der Waals surface area contributed by atoms with Crippen molar-refractivity contribution in [3.05, 3.63) is 0 Å². The van der Waals surface area contributed by atoms with Crippen LogP contribution >= 0.6 is 0 Å². The van der Waals surface area contributed by atoms with Crippen LogP contribution in [0.3, 0.4) is 0 Å². The SMILES string of the molecule is CC(C)(C)OC(=O)N1CCC([C@H]2C[C@@H]2C(=O)O)C1. The highest BCUT2D eigenvalue weighted by Crippen LogP contribution is 2.47. The largest absolute Gasteiger partial charge is 0.481 e. The average molecular weight is 255 g/mol. The molecule has 102 valence electrons. The third kappa shape index (κ3) is 2.94. The molecule has 0 aromatic carbocycles.